The van der Waals surface area contributed by atoms with Gasteiger partial charge in [-0.2, -0.15) is 0 Å². The molecule has 44 valence electrons. The molecule has 0 amide bonds. The van der Waals surface area contributed by atoms with Gasteiger partial charge in [0.15, 0.2) is 13.5 Å². The zero-order chi connectivity index (χ0) is 5.91. The van der Waals surface area contributed by atoms with Crippen LogP contribution in [0.1, 0.15) is 0 Å². The first-order valence-corrected chi connectivity index (χ1v) is 2.16. The van der Waals surface area contributed by atoms with Crippen LogP contribution in [0.4, 0.5) is 0 Å². The Morgan fingerprint density at radius 1 is 1.14 bits per heavy atom. The standard InChI is InChI=1S/C4H12NO2/c1-5(2,3-6)4-7/h6-7H,3-4H2,1-2H3/q+1. The lowest BCUT2D eigenvalue weighted by Gasteiger charge is -2.22. The molecule has 0 aliphatic carbocycles. The molecule has 0 aliphatic heterocycles. The lowest BCUT2D eigenvalue weighted by Crippen LogP contribution is -2.40. The lowest BCUT2D eigenvalue weighted by atomic mass is 10.7. The van der Waals surface area contributed by atoms with E-state index in [4.69, 9.17) is 10.2 Å². The third-order valence-corrected chi connectivity index (χ3v) is 0.766. The lowest BCUT2D eigenvalue weighted by molar-refractivity contribution is -0.926. The topological polar surface area (TPSA) is 40.5 Å². The summed E-state index contributed by atoms with van der Waals surface area (Å²) in [6, 6.07) is 0. The Morgan fingerprint density at radius 2 is 1.43 bits per heavy atom. The Bertz CT molecular complexity index is 47.7. The van der Waals surface area contributed by atoms with Crippen molar-refractivity contribution >= 4 is 0 Å². The molecule has 0 fully saturated rings. The van der Waals surface area contributed by atoms with Gasteiger partial charge in [0.05, 0.1) is 14.1 Å². The Kier molecular flexibility index (Phi) is 2.22. The van der Waals surface area contributed by atoms with E-state index in [1.807, 2.05) is 0 Å². The summed E-state index contributed by atoms with van der Waals surface area (Å²) in [5, 5.41) is 16.8. The van der Waals surface area contributed by atoms with E-state index in [1.54, 1.807) is 14.1 Å². The molecule has 0 bridgehead atoms. The van der Waals surface area contributed by atoms with Crippen LogP contribution in [0.25, 0.3) is 0 Å². The Labute approximate surface area is 43.4 Å². The van der Waals surface area contributed by atoms with Crippen LogP contribution in [-0.2, 0) is 0 Å². The van der Waals surface area contributed by atoms with Crippen LogP contribution in [0.3, 0.4) is 0 Å². The van der Waals surface area contributed by atoms with Crippen LogP contribution in [0.15, 0.2) is 0 Å². The largest absolute Gasteiger partial charge is 0.347 e. The summed E-state index contributed by atoms with van der Waals surface area (Å²) >= 11 is 0. The van der Waals surface area contributed by atoms with Crippen molar-refractivity contribution in [3.63, 3.8) is 0 Å². The van der Waals surface area contributed by atoms with E-state index >= 15 is 0 Å². The number of hydrogen-bond donors (Lipinski definition) is 2. The first-order valence-electron chi connectivity index (χ1n) is 2.16. The van der Waals surface area contributed by atoms with Crippen LogP contribution in [0, 0.1) is 0 Å². The predicted molar refractivity (Wildman–Crippen MR) is 26.3 cm³/mol. The van der Waals surface area contributed by atoms with Crippen LogP contribution in [-0.4, -0.2) is 42.3 Å². The smallest absolute Gasteiger partial charge is 0.181 e. The van der Waals surface area contributed by atoms with Gasteiger partial charge in [-0.3, -0.25) is 4.48 Å². The number of aliphatic hydroxyl groups excluding tert-OH is 2. The van der Waals surface area contributed by atoms with Crippen molar-refractivity contribution < 1.29 is 14.7 Å². The van der Waals surface area contributed by atoms with Gasteiger partial charge in [-0.05, 0) is 0 Å². The molecule has 0 aromatic rings. The molecule has 0 heterocycles. The maximum absolute atomic E-state index is 8.41. The summed E-state index contributed by atoms with van der Waals surface area (Å²) in [5.41, 5.74) is 0. The van der Waals surface area contributed by atoms with Gasteiger partial charge in [0.1, 0.15) is 0 Å². The summed E-state index contributed by atoms with van der Waals surface area (Å²) in [7, 11) is 3.47. The Hall–Kier alpha value is -0.120. The third-order valence-electron chi connectivity index (χ3n) is 0.766. The fraction of sp³-hybridized carbons (Fsp3) is 1.00. The highest BCUT2D eigenvalue weighted by atomic mass is 16.3. The number of hydrogen-bond acceptors (Lipinski definition) is 2. The van der Waals surface area contributed by atoms with E-state index < -0.39 is 0 Å². The maximum Gasteiger partial charge on any atom is 0.181 e. The summed E-state index contributed by atoms with van der Waals surface area (Å²) in [4.78, 5) is 0. The molecular weight excluding hydrogens is 94.0 g/mol. The zero-order valence-corrected chi connectivity index (χ0v) is 4.76. The maximum atomic E-state index is 8.41. The Morgan fingerprint density at radius 3 is 1.43 bits per heavy atom. The van der Waals surface area contributed by atoms with Crippen molar-refractivity contribution in [3.8, 4) is 0 Å². The van der Waals surface area contributed by atoms with Gasteiger partial charge in [0.25, 0.3) is 0 Å². The van der Waals surface area contributed by atoms with Crippen LogP contribution in [0.2, 0.25) is 0 Å². The molecule has 7 heavy (non-hydrogen) atoms. The first-order chi connectivity index (χ1) is 3.12. The summed E-state index contributed by atoms with van der Waals surface area (Å²) in [6.07, 6.45) is 0. The molecular formula is C4H12NO2+. The minimum Gasteiger partial charge on any atom is -0.347 e. The molecule has 3 nitrogen and oxygen atoms in total. The van der Waals surface area contributed by atoms with Crippen LogP contribution >= 0.6 is 0 Å². The fourth-order valence-corrected chi connectivity index (χ4v) is 0.0447. The molecule has 0 rings (SSSR count). The molecule has 2 N–H and O–H groups in total. The number of quaternary nitrogens is 1. The van der Waals surface area contributed by atoms with Crippen molar-refractivity contribution in [1.82, 2.24) is 0 Å². The molecule has 0 unspecified atom stereocenters. The highest BCUT2D eigenvalue weighted by molar-refractivity contribution is 4.01. The van der Waals surface area contributed by atoms with Crippen molar-refractivity contribution in [2.45, 2.75) is 0 Å². The average Bonchev–Trinajstić information content (AvgIpc) is 1.68. The quantitative estimate of drug-likeness (QED) is 0.349. The fourth-order valence-electron chi connectivity index (χ4n) is 0.0447. The summed E-state index contributed by atoms with van der Waals surface area (Å²) in [6.45, 7) is -0.0347. The Balaban J connectivity index is 3.36. The zero-order valence-electron chi connectivity index (χ0n) is 4.76. The second-order valence-corrected chi connectivity index (χ2v) is 2.22. The molecule has 0 aromatic heterocycles. The third kappa shape index (κ3) is 2.56. The van der Waals surface area contributed by atoms with Gasteiger partial charge in [-0.1, -0.05) is 0 Å². The van der Waals surface area contributed by atoms with E-state index in [-0.39, 0.29) is 17.9 Å². The number of rotatable bonds is 2. The highest BCUT2D eigenvalue weighted by Gasteiger charge is 2.07. The molecule has 0 radical (unpaired) electrons. The van der Waals surface area contributed by atoms with Gasteiger partial charge in [0, 0.05) is 0 Å². The van der Waals surface area contributed by atoms with E-state index in [0.717, 1.165) is 0 Å². The molecule has 0 spiro atoms. The highest BCUT2D eigenvalue weighted by Crippen LogP contribution is 1.87. The van der Waals surface area contributed by atoms with E-state index in [2.05, 4.69) is 0 Å². The molecule has 3 heteroatoms. The second-order valence-electron chi connectivity index (χ2n) is 2.22. The number of aliphatic hydroxyl groups is 2. The summed E-state index contributed by atoms with van der Waals surface area (Å²) in [5.74, 6) is 0. The second kappa shape index (κ2) is 2.26. The van der Waals surface area contributed by atoms with Gasteiger partial charge in [-0.25, -0.2) is 0 Å². The average molecular weight is 106 g/mol. The normalized spacial score (nSPS) is 12.0. The molecule has 0 saturated heterocycles. The van der Waals surface area contributed by atoms with E-state index in [0.29, 0.717) is 0 Å². The molecule has 0 aromatic carbocycles. The van der Waals surface area contributed by atoms with Crippen molar-refractivity contribution in [3.05, 3.63) is 0 Å². The molecule has 0 saturated carbocycles. The van der Waals surface area contributed by atoms with E-state index in [1.165, 1.54) is 0 Å². The van der Waals surface area contributed by atoms with Gasteiger partial charge in [0.2, 0.25) is 0 Å². The van der Waals surface area contributed by atoms with Crippen molar-refractivity contribution in [2.24, 2.45) is 0 Å². The molecule has 0 atom stereocenters. The minimum atomic E-state index is -0.0174. The predicted octanol–water partition coefficient (Wildman–Crippen LogP) is -1.04. The van der Waals surface area contributed by atoms with E-state index in [9.17, 15) is 0 Å². The van der Waals surface area contributed by atoms with Crippen LogP contribution < -0.4 is 0 Å². The molecule has 0 aliphatic rings. The van der Waals surface area contributed by atoms with Crippen LogP contribution in [0.5, 0.6) is 0 Å². The number of nitrogens with zero attached hydrogens (tertiary/aromatic N) is 1. The SMILES string of the molecule is C[N+](C)(CO)CO. The van der Waals surface area contributed by atoms with Crippen molar-refractivity contribution in [1.29, 1.82) is 0 Å². The van der Waals surface area contributed by atoms with Gasteiger partial charge >= 0.3 is 0 Å². The minimum absolute atomic E-state index is 0.0174. The van der Waals surface area contributed by atoms with Gasteiger partial charge < -0.3 is 10.2 Å². The van der Waals surface area contributed by atoms with Gasteiger partial charge in [-0.15, -0.1) is 0 Å². The summed E-state index contributed by atoms with van der Waals surface area (Å²) < 4.78 is 0.250. The monoisotopic (exact) mass is 106 g/mol. The van der Waals surface area contributed by atoms with Crippen molar-refractivity contribution in [2.75, 3.05) is 27.6 Å². The first kappa shape index (κ1) is 6.88.